The zero-order valence-electron chi connectivity index (χ0n) is 21.0. The number of carboxylic acids is 1. The molecule has 0 bridgehead atoms. The Balaban J connectivity index is 1.18. The largest absolute Gasteiger partial charge is 0.477 e. The van der Waals surface area contributed by atoms with Crippen molar-refractivity contribution in [1.29, 1.82) is 5.26 Å². The van der Waals surface area contributed by atoms with E-state index in [1.54, 1.807) is 36.7 Å². The van der Waals surface area contributed by atoms with Crippen molar-refractivity contribution in [3.8, 4) is 23.3 Å². The van der Waals surface area contributed by atoms with Crippen LogP contribution in [0, 0.1) is 17.1 Å². The fourth-order valence-corrected chi connectivity index (χ4v) is 5.19. The molecule has 5 heterocycles. The molecule has 200 valence electrons. The number of nitrogens with zero attached hydrogens (tertiary/aromatic N) is 6. The first-order valence-electron chi connectivity index (χ1n) is 12.4. The molecular formula is C28H21FN6O4S. The Kier molecular flexibility index (Phi) is 6.90. The number of thiophene rings is 1. The number of carbonyl (C=O) groups is 1. The molecule has 4 aromatic heterocycles. The SMILES string of the molecule is N#Cc1ccc(COc2cccc(-c3cnc(Cc4nc5sc(C(=O)O)cc5n4CC4CCO4)cn3)n2)c(F)c1. The van der Waals surface area contributed by atoms with Gasteiger partial charge in [0.2, 0.25) is 5.88 Å². The Hall–Kier alpha value is -4.73. The third-order valence-electron chi connectivity index (χ3n) is 6.51. The number of halogens is 1. The molecule has 1 aliphatic rings. The lowest BCUT2D eigenvalue weighted by Gasteiger charge is -2.27. The zero-order valence-corrected chi connectivity index (χ0v) is 21.8. The topological polar surface area (TPSA) is 136 Å². The Labute approximate surface area is 231 Å². The first kappa shape index (κ1) is 25.5. The molecule has 1 N–H and O–H groups in total. The van der Waals surface area contributed by atoms with Gasteiger partial charge in [-0.15, -0.1) is 11.3 Å². The number of nitriles is 1. The monoisotopic (exact) mass is 556 g/mol. The molecule has 0 radical (unpaired) electrons. The van der Waals surface area contributed by atoms with Gasteiger partial charge >= 0.3 is 5.97 Å². The summed E-state index contributed by atoms with van der Waals surface area (Å²) in [5, 5.41) is 18.3. The second kappa shape index (κ2) is 10.8. The Morgan fingerprint density at radius 2 is 2.08 bits per heavy atom. The standard InChI is InChI=1S/C28H21FN6O4S/c29-20-8-16(11-30)4-5-17(20)15-39-26-3-1-2-21(33-26)22-13-31-18(12-32-22)9-25-34-27-23(10-24(40-27)28(36)37)35(25)14-19-6-7-38-19/h1-5,8,10,12-13,19H,6-7,9,14-15H2,(H,36,37). The van der Waals surface area contributed by atoms with Crippen molar-refractivity contribution >= 4 is 27.7 Å². The van der Waals surface area contributed by atoms with Gasteiger partial charge in [-0.25, -0.2) is 19.2 Å². The van der Waals surface area contributed by atoms with E-state index in [9.17, 15) is 14.3 Å². The van der Waals surface area contributed by atoms with Crippen molar-refractivity contribution in [2.45, 2.75) is 32.1 Å². The average Bonchev–Trinajstić information content (AvgIpc) is 3.49. The van der Waals surface area contributed by atoms with E-state index in [4.69, 9.17) is 19.7 Å². The Bertz CT molecular complexity index is 1760. The highest BCUT2D eigenvalue weighted by atomic mass is 32.1. The minimum absolute atomic E-state index is 0.0391. The molecule has 5 aromatic rings. The molecule has 0 spiro atoms. The zero-order chi connectivity index (χ0) is 27.6. The molecule has 0 saturated carbocycles. The van der Waals surface area contributed by atoms with E-state index in [1.165, 1.54) is 18.2 Å². The molecule has 1 fully saturated rings. The first-order chi connectivity index (χ1) is 19.5. The highest BCUT2D eigenvalue weighted by Gasteiger charge is 2.24. The Morgan fingerprint density at radius 3 is 2.77 bits per heavy atom. The second-order valence-electron chi connectivity index (χ2n) is 9.16. The van der Waals surface area contributed by atoms with Gasteiger partial charge in [0.25, 0.3) is 0 Å². The summed E-state index contributed by atoms with van der Waals surface area (Å²) >= 11 is 1.15. The van der Waals surface area contributed by atoms with Crippen LogP contribution in [0.25, 0.3) is 21.7 Å². The maximum atomic E-state index is 14.2. The summed E-state index contributed by atoms with van der Waals surface area (Å²) in [5.74, 6) is -0.422. The number of benzene rings is 1. The predicted octanol–water partition coefficient (Wildman–Crippen LogP) is 4.62. The van der Waals surface area contributed by atoms with Gasteiger partial charge in [0, 0.05) is 30.9 Å². The van der Waals surface area contributed by atoms with Gasteiger partial charge in [0.15, 0.2) is 0 Å². The van der Waals surface area contributed by atoms with Crippen LogP contribution in [-0.4, -0.2) is 48.3 Å². The number of aromatic carboxylic acids is 1. The number of imidazole rings is 1. The predicted molar refractivity (Wildman–Crippen MR) is 142 cm³/mol. The summed E-state index contributed by atoms with van der Waals surface area (Å²) in [5.41, 5.74) is 3.11. The molecule has 1 aliphatic heterocycles. The van der Waals surface area contributed by atoms with Crippen LogP contribution >= 0.6 is 11.3 Å². The summed E-state index contributed by atoms with van der Waals surface area (Å²) in [4.78, 5) is 30.6. The molecule has 10 nitrogen and oxygen atoms in total. The summed E-state index contributed by atoms with van der Waals surface area (Å²) in [6.45, 7) is 1.28. The van der Waals surface area contributed by atoms with Crippen molar-refractivity contribution in [3.05, 3.63) is 88.2 Å². The second-order valence-corrected chi connectivity index (χ2v) is 10.2. The number of aromatic nitrogens is 5. The van der Waals surface area contributed by atoms with Crippen molar-refractivity contribution in [2.75, 3.05) is 6.61 Å². The van der Waals surface area contributed by atoms with E-state index in [2.05, 4.69) is 15.0 Å². The van der Waals surface area contributed by atoms with Crippen LogP contribution in [-0.2, 0) is 24.3 Å². The van der Waals surface area contributed by atoms with Crippen molar-refractivity contribution in [2.24, 2.45) is 0 Å². The Morgan fingerprint density at radius 1 is 1.20 bits per heavy atom. The van der Waals surface area contributed by atoms with Crippen molar-refractivity contribution in [1.82, 2.24) is 24.5 Å². The van der Waals surface area contributed by atoms with Crippen LogP contribution in [0.4, 0.5) is 4.39 Å². The molecule has 0 amide bonds. The number of pyridine rings is 1. The van der Waals surface area contributed by atoms with Gasteiger partial charge in [-0.1, -0.05) is 12.1 Å². The molecular weight excluding hydrogens is 535 g/mol. The van der Waals surface area contributed by atoms with E-state index >= 15 is 0 Å². The van der Waals surface area contributed by atoms with E-state index in [0.29, 0.717) is 46.3 Å². The van der Waals surface area contributed by atoms with Gasteiger partial charge in [-0.2, -0.15) is 5.26 Å². The fraction of sp³-hybridized carbons (Fsp3) is 0.214. The molecule has 12 heteroatoms. The van der Waals surface area contributed by atoms with Crippen LogP contribution in [0.1, 0.15) is 38.7 Å². The van der Waals surface area contributed by atoms with Crippen LogP contribution in [0.15, 0.2) is 54.9 Å². The van der Waals surface area contributed by atoms with Gasteiger partial charge in [-0.05, 0) is 30.7 Å². The van der Waals surface area contributed by atoms with Crippen molar-refractivity contribution < 1.29 is 23.8 Å². The summed E-state index contributed by atoms with van der Waals surface area (Å²) < 4.78 is 27.5. The maximum Gasteiger partial charge on any atom is 0.346 e. The summed E-state index contributed by atoms with van der Waals surface area (Å²) in [6, 6.07) is 13.0. The van der Waals surface area contributed by atoms with Gasteiger partial charge in [0.05, 0.1) is 47.4 Å². The number of hydrogen-bond donors (Lipinski definition) is 1. The minimum Gasteiger partial charge on any atom is -0.477 e. The van der Waals surface area contributed by atoms with Gasteiger partial charge in [0.1, 0.15) is 33.6 Å². The fourth-order valence-electron chi connectivity index (χ4n) is 4.30. The lowest BCUT2D eigenvalue weighted by atomic mass is 10.1. The molecule has 40 heavy (non-hydrogen) atoms. The number of ether oxygens (including phenoxy) is 2. The number of fused-ring (bicyclic) bond motifs is 1. The van der Waals surface area contributed by atoms with Gasteiger partial charge < -0.3 is 19.1 Å². The van der Waals surface area contributed by atoms with E-state index in [0.717, 1.165) is 35.7 Å². The third kappa shape index (κ3) is 5.25. The van der Waals surface area contributed by atoms with Crippen LogP contribution < -0.4 is 4.74 Å². The van der Waals surface area contributed by atoms with E-state index in [-0.39, 0.29) is 23.2 Å². The minimum atomic E-state index is -0.970. The molecule has 1 atom stereocenters. The highest BCUT2D eigenvalue weighted by Crippen LogP contribution is 2.29. The van der Waals surface area contributed by atoms with Crippen molar-refractivity contribution in [3.63, 3.8) is 0 Å². The number of hydrogen-bond acceptors (Lipinski definition) is 9. The lowest BCUT2D eigenvalue weighted by Crippen LogP contribution is -2.31. The van der Waals surface area contributed by atoms with Gasteiger partial charge in [-0.3, -0.25) is 9.97 Å². The van der Waals surface area contributed by atoms with Crippen LogP contribution in [0.5, 0.6) is 5.88 Å². The molecule has 0 aliphatic carbocycles. The lowest BCUT2D eigenvalue weighted by molar-refractivity contribution is -0.0589. The highest BCUT2D eigenvalue weighted by molar-refractivity contribution is 7.20. The van der Waals surface area contributed by atoms with E-state index in [1.807, 2.05) is 10.6 Å². The first-order valence-corrected chi connectivity index (χ1v) is 13.2. The van der Waals surface area contributed by atoms with Crippen LogP contribution in [0.2, 0.25) is 0 Å². The number of rotatable bonds is 9. The quantitative estimate of drug-likeness (QED) is 0.276. The summed E-state index contributed by atoms with van der Waals surface area (Å²) in [7, 11) is 0. The smallest absolute Gasteiger partial charge is 0.346 e. The average molecular weight is 557 g/mol. The number of carboxylic acid groups (broad SMARTS) is 1. The summed E-state index contributed by atoms with van der Waals surface area (Å²) in [6.07, 6.45) is 4.71. The van der Waals surface area contributed by atoms with E-state index < -0.39 is 11.8 Å². The molecule has 1 aromatic carbocycles. The molecule has 6 rings (SSSR count). The molecule has 1 saturated heterocycles. The van der Waals surface area contributed by atoms with Crippen LogP contribution in [0.3, 0.4) is 0 Å². The third-order valence-corrected chi connectivity index (χ3v) is 7.51. The molecule has 1 unspecified atom stereocenters. The maximum absolute atomic E-state index is 14.2. The normalized spacial score (nSPS) is 14.6.